The van der Waals surface area contributed by atoms with Gasteiger partial charge in [-0.05, 0) is 24.4 Å². The minimum Gasteiger partial charge on any atom is -0.487 e. The van der Waals surface area contributed by atoms with E-state index in [0.717, 1.165) is 16.3 Å². The molecule has 0 fully saturated rings. The fourth-order valence-electron chi connectivity index (χ4n) is 2.58. The third-order valence-corrected chi connectivity index (χ3v) is 3.77. The molecule has 0 heterocycles. The first kappa shape index (κ1) is 14.8. The molecule has 112 valence electrons. The standard InChI is InChI=1S/C20H15NO2/c1-14(22)18-11-10-15-6-4-5-9-19(15)20(18)23-13-17-8-3-2-7-16(17)12-21/h2-11H,13H2,1H3. The van der Waals surface area contributed by atoms with Crippen molar-refractivity contribution >= 4 is 16.6 Å². The lowest BCUT2D eigenvalue weighted by atomic mass is 10.0. The van der Waals surface area contributed by atoms with E-state index in [-0.39, 0.29) is 12.4 Å². The first-order valence-electron chi connectivity index (χ1n) is 7.34. The van der Waals surface area contributed by atoms with E-state index in [1.165, 1.54) is 6.92 Å². The quantitative estimate of drug-likeness (QED) is 0.667. The highest BCUT2D eigenvalue weighted by Crippen LogP contribution is 2.31. The molecule has 0 spiro atoms. The number of benzene rings is 3. The molecule has 0 aliphatic carbocycles. The molecule has 0 bridgehead atoms. The van der Waals surface area contributed by atoms with Crippen LogP contribution in [0.15, 0.2) is 60.7 Å². The van der Waals surface area contributed by atoms with Gasteiger partial charge < -0.3 is 4.74 Å². The van der Waals surface area contributed by atoms with Gasteiger partial charge in [0.25, 0.3) is 0 Å². The molecule has 0 unspecified atom stereocenters. The summed E-state index contributed by atoms with van der Waals surface area (Å²) < 4.78 is 5.97. The van der Waals surface area contributed by atoms with Crippen LogP contribution in [0.2, 0.25) is 0 Å². The summed E-state index contributed by atoms with van der Waals surface area (Å²) >= 11 is 0. The Hall–Kier alpha value is -3.12. The van der Waals surface area contributed by atoms with E-state index in [1.807, 2.05) is 48.5 Å². The Balaban J connectivity index is 2.03. The molecule has 0 amide bonds. The molecule has 0 atom stereocenters. The average molecular weight is 301 g/mol. The van der Waals surface area contributed by atoms with Gasteiger partial charge >= 0.3 is 0 Å². The lowest BCUT2D eigenvalue weighted by molar-refractivity contribution is 0.101. The van der Waals surface area contributed by atoms with Crippen molar-refractivity contribution in [2.45, 2.75) is 13.5 Å². The number of fused-ring (bicyclic) bond motifs is 1. The maximum atomic E-state index is 11.9. The van der Waals surface area contributed by atoms with E-state index >= 15 is 0 Å². The molecule has 3 rings (SSSR count). The number of ether oxygens (including phenoxy) is 1. The molecular formula is C20H15NO2. The zero-order valence-electron chi connectivity index (χ0n) is 12.7. The van der Waals surface area contributed by atoms with Gasteiger partial charge in [-0.3, -0.25) is 4.79 Å². The average Bonchev–Trinajstić information content (AvgIpc) is 2.59. The summed E-state index contributed by atoms with van der Waals surface area (Å²) in [4.78, 5) is 11.9. The molecule has 23 heavy (non-hydrogen) atoms. The fourth-order valence-corrected chi connectivity index (χ4v) is 2.58. The Kier molecular flexibility index (Phi) is 4.07. The molecule has 0 radical (unpaired) electrons. The van der Waals surface area contributed by atoms with Crippen LogP contribution in [-0.4, -0.2) is 5.78 Å². The van der Waals surface area contributed by atoms with E-state index in [4.69, 9.17) is 4.74 Å². The van der Waals surface area contributed by atoms with Crippen LogP contribution < -0.4 is 4.74 Å². The van der Waals surface area contributed by atoms with Crippen molar-refractivity contribution in [3.8, 4) is 11.8 Å². The molecule has 0 aromatic heterocycles. The molecule has 0 saturated carbocycles. The lowest BCUT2D eigenvalue weighted by Gasteiger charge is -2.13. The van der Waals surface area contributed by atoms with Crippen molar-refractivity contribution in [1.29, 1.82) is 5.26 Å². The van der Waals surface area contributed by atoms with Gasteiger partial charge in [0, 0.05) is 10.9 Å². The largest absolute Gasteiger partial charge is 0.487 e. The lowest BCUT2D eigenvalue weighted by Crippen LogP contribution is -2.03. The van der Waals surface area contributed by atoms with Gasteiger partial charge in [-0.15, -0.1) is 0 Å². The van der Waals surface area contributed by atoms with Crippen LogP contribution in [0.4, 0.5) is 0 Å². The van der Waals surface area contributed by atoms with E-state index in [0.29, 0.717) is 16.9 Å². The Morgan fingerprint density at radius 1 is 1.04 bits per heavy atom. The van der Waals surface area contributed by atoms with E-state index < -0.39 is 0 Å². The fraction of sp³-hybridized carbons (Fsp3) is 0.100. The van der Waals surface area contributed by atoms with Crippen LogP contribution in [-0.2, 0) is 6.61 Å². The summed E-state index contributed by atoms with van der Waals surface area (Å²) in [7, 11) is 0. The molecule has 3 aromatic rings. The highest BCUT2D eigenvalue weighted by atomic mass is 16.5. The van der Waals surface area contributed by atoms with Crippen molar-refractivity contribution in [2.75, 3.05) is 0 Å². The number of hydrogen-bond acceptors (Lipinski definition) is 3. The summed E-state index contributed by atoms with van der Waals surface area (Å²) in [5.41, 5.74) is 1.94. The number of rotatable bonds is 4. The summed E-state index contributed by atoms with van der Waals surface area (Å²) in [5.74, 6) is 0.530. The molecule has 3 nitrogen and oxygen atoms in total. The SMILES string of the molecule is CC(=O)c1ccc2ccccc2c1OCc1ccccc1C#N. The highest BCUT2D eigenvalue weighted by molar-refractivity contribution is 6.03. The predicted molar refractivity (Wildman–Crippen MR) is 89.4 cm³/mol. The van der Waals surface area contributed by atoms with E-state index in [1.54, 1.807) is 12.1 Å². The minimum absolute atomic E-state index is 0.0423. The zero-order chi connectivity index (χ0) is 16.2. The monoisotopic (exact) mass is 301 g/mol. The zero-order valence-corrected chi connectivity index (χ0v) is 12.7. The molecule has 3 aromatic carbocycles. The number of carbonyl (C=O) groups is 1. The summed E-state index contributed by atoms with van der Waals surface area (Å²) in [5, 5.41) is 11.1. The third-order valence-electron chi connectivity index (χ3n) is 3.77. The van der Waals surface area contributed by atoms with Crippen LogP contribution in [0.3, 0.4) is 0 Å². The minimum atomic E-state index is -0.0423. The normalized spacial score (nSPS) is 10.3. The number of Topliss-reactive ketones (excluding diaryl/α,β-unsaturated/α-hetero) is 1. The molecule has 0 N–H and O–H groups in total. The second-order valence-electron chi connectivity index (χ2n) is 5.28. The predicted octanol–water partition coefficient (Wildman–Crippen LogP) is 4.49. The molecule has 0 aliphatic rings. The summed E-state index contributed by atoms with van der Waals surface area (Å²) in [6, 6.07) is 21.0. The van der Waals surface area contributed by atoms with Crippen molar-refractivity contribution < 1.29 is 9.53 Å². The van der Waals surface area contributed by atoms with Crippen molar-refractivity contribution in [1.82, 2.24) is 0 Å². The van der Waals surface area contributed by atoms with E-state index in [2.05, 4.69) is 6.07 Å². The van der Waals surface area contributed by atoms with Crippen LogP contribution in [0, 0.1) is 11.3 Å². The molecule has 0 aliphatic heterocycles. The first-order valence-corrected chi connectivity index (χ1v) is 7.34. The van der Waals surface area contributed by atoms with Crippen molar-refractivity contribution in [3.05, 3.63) is 77.4 Å². The second kappa shape index (κ2) is 6.33. The maximum absolute atomic E-state index is 11.9. The van der Waals surface area contributed by atoms with Gasteiger partial charge in [0.15, 0.2) is 5.78 Å². The van der Waals surface area contributed by atoms with Gasteiger partial charge in [0.05, 0.1) is 17.2 Å². The van der Waals surface area contributed by atoms with Crippen molar-refractivity contribution in [2.24, 2.45) is 0 Å². The van der Waals surface area contributed by atoms with Crippen LogP contribution >= 0.6 is 0 Å². The molecule has 3 heteroatoms. The van der Waals surface area contributed by atoms with Gasteiger partial charge in [0.2, 0.25) is 0 Å². The van der Waals surface area contributed by atoms with Crippen LogP contribution in [0.5, 0.6) is 5.75 Å². The van der Waals surface area contributed by atoms with Gasteiger partial charge in [-0.2, -0.15) is 5.26 Å². The Labute approximate surface area is 134 Å². The Morgan fingerprint density at radius 2 is 1.78 bits per heavy atom. The van der Waals surface area contributed by atoms with Crippen LogP contribution in [0.1, 0.15) is 28.4 Å². The maximum Gasteiger partial charge on any atom is 0.163 e. The third kappa shape index (κ3) is 2.93. The molecule has 0 saturated heterocycles. The summed E-state index contributed by atoms with van der Waals surface area (Å²) in [6.45, 7) is 1.78. The summed E-state index contributed by atoms with van der Waals surface area (Å²) in [6.07, 6.45) is 0. The topological polar surface area (TPSA) is 50.1 Å². The van der Waals surface area contributed by atoms with E-state index in [9.17, 15) is 10.1 Å². The van der Waals surface area contributed by atoms with Gasteiger partial charge in [-0.1, -0.05) is 48.5 Å². The first-order chi connectivity index (χ1) is 11.2. The van der Waals surface area contributed by atoms with Crippen molar-refractivity contribution in [3.63, 3.8) is 0 Å². The van der Waals surface area contributed by atoms with Gasteiger partial charge in [-0.25, -0.2) is 0 Å². The number of nitrogens with zero attached hydrogens (tertiary/aromatic N) is 1. The smallest absolute Gasteiger partial charge is 0.163 e. The number of carbonyl (C=O) groups excluding carboxylic acids is 1. The highest BCUT2D eigenvalue weighted by Gasteiger charge is 2.13. The Morgan fingerprint density at radius 3 is 2.57 bits per heavy atom. The number of hydrogen-bond donors (Lipinski definition) is 0. The number of ketones is 1. The second-order valence-corrected chi connectivity index (χ2v) is 5.28. The Bertz CT molecular complexity index is 922. The van der Waals surface area contributed by atoms with Crippen LogP contribution in [0.25, 0.3) is 10.8 Å². The van der Waals surface area contributed by atoms with Gasteiger partial charge in [0.1, 0.15) is 12.4 Å². The number of nitriles is 1. The molecular weight excluding hydrogens is 286 g/mol.